The summed E-state index contributed by atoms with van der Waals surface area (Å²) in [6.07, 6.45) is 3.78. The van der Waals surface area contributed by atoms with E-state index < -0.39 is 17.8 Å². The van der Waals surface area contributed by atoms with Crippen LogP contribution in [0, 0.1) is 11.3 Å². The quantitative estimate of drug-likeness (QED) is 0.364. The zero-order valence-corrected chi connectivity index (χ0v) is 11.8. The number of hydrogen-bond donors (Lipinski definition) is 0. The van der Waals surface area contributed by atoms with Gasteiger partial charge < -0.3 is 4.74 Å². The number of anilines is 1. The van der Waals surface area contributed by atoms with Gasteiger partial charge in [-0.1, -0.05) is 12.1 Å². The molecule has 0 unspecified atom stereocenters. The van der Waals surface area contributed by atoms with E-state index >= 15 is 0 Å². The lowest BCUT2D eigenvalue weighted by Gasteiger charge is -2.13. The van der Waals surface area contributed by atoms with Crippen LogP contribution in [0.2, 0.25) is 0 Å². The maximum absolute atomic E-state index is 11.6. The number of imide groups is 1. The van der Waals surface area contributed by atoms with Gasteiger partial charge in [0.25, 0.3) is 11.8 Å². The van der Waals surface area contributed by atoms with Crippen LogP contribution in [0.3, 0.4) is 0 Å². The highest BCUT2D eigenvalue weighted by atomic mass is 16.5. The van der Waals surface area contributed by atoms with Crippen molar-refractivity contribution < 1.29 is 19.1 Å². The molecular weight excluding hydrogens is 284 g/mol. The molecule has 1 heterocycles. The summed E-state index contributed by atoms with van der Waals surface area (Å²) >= 11 is 0. The fraction of sp³-hybridized carbons (Fsp3) is 0.125. The molecule has 1 aliphatic rings. The Balaban J connectivity index is 2.22. The highest BCUT2D eigenvalue weighted by Crippen LogP contribution is 2.20. The van der Waals surface area contributed by atoms with E-state index in [1.807, 2.05) is 0 Å². The SMILES string of the molecule is CCOC(=O)/C(C#N)=C\c1ccc(N2C(=O)C=CC2=O)cc1. The number of carbonyl (C=O) groups is 3. The Morgan fingerprint density at radius 3 is 2.32 bits per heavy atom. The molecule has 0 saturated heterocycles. The molecule has 110 valence electrons. The Labute approximate surface area is 126 Å². The predicted molar refractivity (Wildman–Crippen MR) is 78.3 cm³/mol. The molecule has 22 heavy (non-hydrogen) atoms. The third-order valence-corrected chi connectivity index (χ3v) is 2.89. The first kappa shape index (κ1) is 15.2. The summed E-state index contributed by atoms with van der Waals surface area (Å²) in [7, 11) is 0. The van der Waals surface area contributed by atoms with Crippen LogP contribution in [-0.4, -0.2) is 24.4 Å². The lowest BCUT2D eigenvalue weighted by atomic mass is 10.1. The van der Waals surface area contributed by atoms with Gasteiger partial charge in [-0.2, -0.15) is 5.26 Å². The number of nitrogens with zero attached hydrogens (tertiary/aromatic N) is 2. The topological polar surface area (TPSA) is 87.5 Å². The van der Waals surface area contributed by atoms with E-state index in [1.54, 1.807) is 37.3 Å². The summed E-state index contributed by atoms with van der Waals surface area (Å²) < 4.78 is 4.76. The first-order chi connectivity index (χ1) is 10.6. The molecule has 0 fully saturated rings. The van der Waals surface area contributed by atoms with E-state index in [0.717, 1.165) is 4.90 Å². The van der Waals surface area contributed by atoms with Crippen LogP contribution >= 0.6 is 0 Å². The minimum Gasteiger partial charge on any atom is -0.462 e. The van der Waals surface area contributed by atoms with Gasteiger partial charge in [0.2, 0.25) is 0 Å². The molecule has 0 saturated carbocycles. The molecule has 6 nitrogen and oxygen atoms in total. The molecule has 1 aliphatic heterocycles. The van der Waals surface area contributed by atoms with Gasteiger partial charge in [-0.25, -0.2) is 9.69 Å². The van der Waals surface area contributed by atoms with E-state index in [2.05, 4.69) is 0 Å². The summed E-state index contributed by atoms with van der Waals surface area (Å²) in [5.74, 6) is -1.50. The van der Waals surface area contributed by atoms with Crippen molar-refractivity contribution in [1.82, 2.24) is 0 Å². The predicted octanol–water partition coefficient (Wildman–Crippen LogP) is 1.59. The van der Waals surface area contributed by atoms with Gasteiger partial charge in [0.05, 0.1) is 12.3 Å². The Hall–Kier alpha value is -3.20. The molecule has 0 spiro atoms. The molecule has 0 aliphatic carbocycles. The maximum Gasteiger partial charge on any atom is 0.348 e. The lowest BCUT2D eigenvalue weighted by molar-refractivity contribution is -0.138. The van der Waals surface area contributed by atoms with Gasteiger partial charge in [-0.05, 0) is 30.7 Å². The molecule has 0 bridgehead atoms. The van der Waals surface area contributed by atoms with Crippen molar-refractivity contribution in [3.63, 3.8) is 0 Å². The highest BCUT2D eigenvalue weighted by Gasteiger charge is 2.24. The normalized spacial score (nSPS) is 14.2. The lowest BCUT2D eigenvalue weighted by Crippen LogP contribution is -2.29. The van der Waals surface area contributed by atoms with Gasteiger partial charge in [-0.3, -0.25) is 9.59 Å². The number of benzene rings is 1. The second-order valence-corrected chi connectivity index (χ2v) is 4.33. The number of ether oxygens (including phenoxy) is 1. The van der Waals surface area contributed by atoms with E-state index in [-0.39, 0.29) is 12.2 Å². The Kier molecular flexibility index (Phi) is 4.49. The van der Waals surface area contributed by atoms with E-state index in [9.17, 15) is 14.4 Å². The number of rotatable bonds is 4. The monoisotopic (exact) mass is 296 g/mol. The summed E-state index contributed by atoms with van der Waals surface area (Å²) in [5.41, 5.74) is 0.886. The molecule has 1 aromatic carbocycles. The number of esters is 1. The van der Waals surface area contributed by atoms with Gasteiger partial charge in [0.15, 0.2) is 0 Å². The zero-order chi connectivity index (χ0) is 16.1. The van der Waals surface area contributed by atoms with Crippen LogP contribution in [0.4, 0.5) is 5.69 Å². The largest absolute Gasteiger partial charge is 0.462 e. The Bertz CT molecular complexity index is 706. The van der Waals surface area contributed by atoms with Crippen LogP contribution in [-0.2, 0) is 19.1 Å². The minimum absolute atomic E-state index is 0.121. The minimum atomic E-state index is -0.692. The first-order valence-electron chi connectivity index (χ1n) is 6.52. The summed E-state index contributed by atoms with van der Waals surface area (Å²) in [4.78, 5) is 35.7. The Morgan fingerprint density at radius 1 is 1.23 bits per heavy atom. The summed E-state index contributed by atoms with van der Waals surface area (Å²) in [6, 6.07) is 8.11. The fourth-order valence-electron chi connectivity index (χ4n) is 1.89. The molecule has 0 radical (unpaired) electrons. The zero-order valence-electron chi connectivity index (χ0n) is 11.8. The first-order valence-corrected chi connectivity index (χ1v) is 6.52. The number of amides is 2. The van der Waals surface area contributed by atoms with Gasteiger partial charge in [0, 0.05) is 12.2 Å². The average Bonchev–Trinajstić information content (AvgIpc) is 2.85. The van der Waals surface area contributed by atoms with Crippen molar-refractivity contribution in [2.75, 3.05) is 11.5 Å². The average molecular weight is 296 g/mol. The molecular formula is C16H12N2O4. The summed E-state index contributed by atoms with van der Waals surface area (Å²) in [5, 5.41) is 8.96. The standard InChI is InChI=1S/C16H12N2O4/c1-2-22-16(21)12(10-17)9-11-3-5-13(6-4-11)18-14(19)7-8-15(18)20/h3-9H,2H2,1H3/b12-9-. The smallest absolute Gasteiger partial charge is 0.348 e. The van der Waals surface area contributed by atoms with Crippen molar-refractivity contribution >= 4 is 29.5 Å². The number of carbonyl (C=O) groups excluding carboxylic acids is 3. The van der Waals surface area contributed by atoms with E-state index in [1.165, 1.54) is 18.2 Å². The molecule has 2 rings (SSSR count). The van der Waals surface area contributed by atoms with Crippen LogP contribution in [0.5, 0.6) is 0 Å². The number of nitriles is 1. The third-order valence-electron chi connectivity index (χ3n) is 2.89. The molecule has 6 heteroatoms. The molecule has 0 N–H and O–H groups in total. The van der Waals surface area contributed by atoms with E-state index in [0.29, 0.717) is 11.3 Å². The maximum atomic E-state index is 11.6. The van der Waals surface area contributed by atoms with Crippen LogP contribution in [0.1, 0.15) is 12.5 Å². The Morgan fingerprint density at radius 2 is 1.82 bits per heavy atom. The number of hydrogen-bond acceptors (Lipinski definition) is 5. The van der Waals surface area contributed by atoms with Crippen molar-refractivity contribution in [1.29, 1.82) is 5.26 Å². The van der Waals surface area contributed by atoms with Gasteiger partial charge in [0.1, 0.15) is 11.6 Å². The van der Waals surface area contributed by atoms with Crippen LogP contribution in [0.15, 0.2) is 42.0 Å². The van der Waals surface area contributed by atoms with Crippen molar-refractivity contribution in [3.8, 4) is 6.07 Å². The highest BCUT2D eigenvalue weighted by molar-refractivity contribution is 6.28. The molecule has 1 aromatic rings. The van der Waals surface area contributed by atoms with Crippen LogP contribution in [0.25, 0.3) is 6.08 Å². The van der Waals surface area contributed by atoms with Crippen molar-refractivity contribution in [3.05, 3.63) is 47.6 Å². The van der Waals surface area contributed by atoms with Crippen molar-refractivity contribution in [2.24, 2.45) is 0 Å². The fourth-order valence-corrected chi connectivity index (χ4v) is 1.89. The second kappa shape index (κ2) is 6.50. The van der Waals surface area contributed by atoms with Crippen LogP contribution < -0.4 is 4.90 Å². The molecule has 2 amide bonds. The van der Waals surface area contributed by atoms with Gasteiger partial charge >= 0.3 is 5.97 Å². The molecule has 0 aromatic heterocycles. The van der Waals surface area contributed by atoms with Gasteiger partial charge in [-0.15, -0.1) is 0 Å². The van der Waals surface area contributed by atoms with Crippen molar-refractivity contribution in [2.45, 2.75) is 6.92 Å². The molecule has 0 atom stereocenters. The third kappa shape index (κ3) is 3.10. The second-order valence-electron chi connectivity index (χ2n) is 4.33. The van der Waals surface area contributed by atoms with E-state index in [4.69, 9.17) is 10.00 Å². The summed E-state index contributed by atoms with van der Waals surface area (Å²) in [6.45, 7) is 1.84.